The Morgan fingerprint density at radius 2 is 0.776 bits per heavy atom. The first kappa shape index (κ1) is 31.4. The van der Waals surface area contributed by atoms with Gasteiger partial charge in [-0.3, -0.25) is 0 Å². The van der Waals surface area contributed by atoms with Crippen molar-refractivity contribution in [3.05, 3.63) is 194 Å². The van der Waals surface area contributed by atoms with Crippen LogP contribution in [0.2, 0.25) is 0 Å². The molecule has 13 rings (SSSR count). The minimum absolute atomic E-state index is 0.867. The van der Waals surface area contributed by atoms with Crippen LogP contribution in [0, 0.1) is 0 Å². The standard InChI is InChI=1S/C54H32N2O2/c1-2-15-33(16-3-1)34-17-4-8-25-42(34)55-43-26-9-5-20-41(43)51-45(55)31-32-46-52(51)50-37(40-23-12-22-38-35-18-6-10-29-48(35)57-53(38)40)21-13-27-44(50)56(46)47-28-14-24-39-36-19-7-11-30-49(36)58-54(39)47/h1-32H. The summed E-state index contributed by atoms with van der Waals surface area (Å²) in [6.07, 6.45) is 0. The number of fused-ring (bicyclic) bond motifs is 13. The van der Waals surface area contributed by atoms with E-state index in [2.05, 4.69) is 191 Å². The Labute approximate surface area is 332 Å². The van der Waals surface area contributed by atoms with Crippen molar-refractivity contribution < 1.29 is 8.83 Å². The summed E-state index contributed by atoms with van der Waals surface area (Å²) in [5.74, 6) is 0. The smallest absolute Gasteiger partial charge is 0.159 e. The summed E-state index contributed by atoms with van der Waals surface area (Å²) in [6.45, 7) is 0. The van der Waals surface area contributed by atoms with Gasteiger partial charge in [-0.2, -0.15) is 0 Å². The molecule has 4 aromatic heterocycles. The molecule has 270 valence electrons. The van der Waals surface area contributed by atoms with Gasteiger partial charge in [-0.05, 0) is 59.7 Å². The van der Waals surface area contributed by atoms with E-state index < -0.39 is 0 Å². The van der Waals surface area contributed by atoms with Crippen LogP contribution < -0.4 is 0 Å². The zero-order chi connectivity index (χ0) is 37.9. The maximum absolute atomic E-state index is 6.75. The van der Waals surface area contributed by atoms with Gasteiger partial charge >= 0.3 is 0 Å². The number of aromatic nitrogens is 2. The Hall–Kier alpha value is -7.82. The third-order valence-electron chi connectivity index (χ3n) is 12.1. The first-order valence-electron chi connectivity index (χ1n) is 19.8. The highest BCUT2D eigenvalue weighted by Gasteiger charge is 2.26. The van der Waals surface area contributed by atoms with Gasteiger partial charge in [0.25, 0.3) is 0 Å². The summed E-state index contributed by atoms with van der Waals surface area (Å²) in [6, 6.07) is 69.4. The van der Waals surface area contributed by atoms with Crippen LogP contribution in [0.3, 0.4) is 0 Å². The van der Waals surface area contributed by atoms with Crippen molar-refractivity contribution in [1.82, 2.24) is 9.13 Å². The van der Waals surface area contributed by atoms with Crippen molar-refractivity contribution in [2.45, 2.75) is 0 Å². The van der Waals surface area contributed by atoms with Gasteiger partial charge in [-0.1, -0.05) is 146 Å². The summed E-state index contributed by atoms with van der Waals surface area (Å²) in [4.78, 5) is 0. The van der Waals surface area contributed by atoms with Crippen molar-refractivity contribution in [2.75, 3.05) is 0 Å². The predicted molar refractivity (Wildman–Crippen MR) is 241 cm³/mol. The normalized spacial score (nSPS) is 12.1. The van der Waals surface area contributed by atoms with Gasteiger partial charge in [0, 0.05) is 54.2 Å². The fourth-order valence-corrected chi connectivity index (χ4v) is 9.75. The van der Waals surface area contributed by atoms with E-state index in [9.17, 15) is 0 Å². The fourth-order valence-electron chi connectivity index (χ4n) is 9.75. The Morgan fingerprint density at radius 3 is 1.59 bits per heavy atom. The third kappa shape index (κ3) is 4.23. The molecule has 0 aliphatic heterocycles. The van der Waals surface area contributed by atoms with Crippen molar-refractivity contribution in [3.63, 3.8) is 0 Å². The van der Waals surface area contributed by atoms with Crippen LogP contribution in [-0.4, -0.2) is 9.13 Å². The van der Waals surface area contributed by atoms with Crippen LogP contribution in [0.4, 0.5) is 0 Å². The summed E-state index contributed by atoms with van der Waals surface area (Å²) in [5.41, 5.74) is 14.7. The van der Waals surface area contributed by atoms with Crippen LogP contribution in [0.5, 0.6) is 0 Å². The highest BCUT2D eigenvalue weighted by atomic mass is 16.3. The SMILES string of the molecule is c1ccc(-c2ccccc2-n2c3ccccc3c3c4c5c(-c6cccc7c6oc6ccccc67)cccc5n(-c5cccc6c5oc5ccccc56)c4ccc32)cc1. The Kier molecular flexibility index (Phi) is 6.41. The minimum atomic E-state index is 0.867. The van der Waals surface area contributed by atoms with Crippen LogP contribution in [0.1, 0.15) is 0 Å². The molecular formula is C54H32N2O2. The first-order valence-corrected chi connectivity index (χ1v) is 19.8. The third-order valence-corrected chi connectivity index (χ3v) is 12.1. The van der Waals surface area contributed by atoms with Crippen LogP contribution in [0.25, 0.3) is 121 Å². The molecule has 0 saturated heterocycles. The maximum Gasteiger partial charge on any atom is 0.159 e. The maximum atomic E-state index is 6.75. The number of benzene rings is 9. The van der Waals surface area contributed by atoms with Crippen molar-refractivity contribution in [1.29, 1.82) is 0 Å². The second-order valence-corrected chi connectivity index (χ2v) is 15.2. The minimum Gasteiger partial charge on any atom is -0.455 e. The lowest BCUT2D eigenvalue weighted by molar-refractivity contribution is 0.666. The molecule has 0 radical (unpaired) electrons. The fraction of sp³-hybridized carbons (Fsp3) is 0. The van der Waals surface area contributed by atoms with E-state index in [0.717, 1.165) is 88.4 Å². The topological polar surface area (TPSA) is 36.1 Å². The van der Waals surface area contributed by atoms with Gasteiger partial charge < -0.3 is 18.0 Å². The highest BCUT2D eigenvalue weighted by molar-refractivity contribution is 6.32. The van der Waals surface area contributed by atoms with Gasteiger partial charge in [-0.25, -0.2) is 0 Å². The molecule has 0 N–H and O–H groups in total. The molecule has 0 aliphatic rings. The second kappa shape index (κ2) is 11.8. The van der Waals surface area contributed by atoms with E-state index in [0.29, 0.717) is 0 Å². The number of nitrogens with zero attached hydrogens (tertiary/aromatic N) is 2. The molecule has 0 saturated carbocycles. The lowest BCUT2D eigenvalue weighted by atomic mass is 9.96. The number of hydrogen-bond acceptors (Lipinski definition) is 2. The molecule has 0 bridgehead atoms. The van der Waals surface area contributed by atoms with Crippen LogP contribution in [0.15, 0.2) is 203 Å². The lowest BCUT2D eigenvalue weighted by Crippen LogP contribution is -1.97. The van der Waals surface area contributed by atoms with Crippen molar-refractivity contribution in [3.8, 4) is 33.6 Å². The Morgan fingerprint density at radius 1 is 0.276 bits per heavy atom. The van der Waals surface area contributed by atoms with Gasteiger partial charge in [0.2, 0.25) is 0 Å². The highest BCUT2D eigenvalue weighted by Crippen LogP contribution is 2.48. The van der Waals surface area contributed by atoms with Gasteiger partial charge in [-0.15, -0.1) is 0 Å². The Balaban J connectivity index is 1.23. The molecule has 58 heavy (non-hydrogen) atoms. The molecular weight excluding hydrogens is 709 g/mol. The van der Waals surface area contributed by atoms with E-state index in [1.807, 2.05) is 12.1 Å². The van der Waals surface area contributed by atoms with Crippen molar-refractivity contribution in [2.24, 2.45) is 0 Å². The molecule has 0 fully saturated rings. The zero-order valence-electron chi connectivity index (χ0n) is 31.2. The largest absolute Gasteiger partial charge is 0.455 e. The molecule has 0 amide bonds. The summed E-state index contributed by atoms with van der Waals surface area (Å²) < 4.78 is 18.4. The number of rotatable bonds is 4. The van der Waals surface area contributed by atoms with E-state index in [1.165, 1.54) is 32.7 Å². The molecule has 0 spiro atoms. The lowest BCUT2D eigenvalue weighted by Gasteiger charge is -2.14. The first-order chi connectivity index (χ1) is 28.8. The van der Waals surface area contributed by atoms with E-state index in [1.54, 1.807) is 0 Å². The zero-order valence-corrected chi connectivity index (χ0v) is 31.2. The molecule has 4 nitrogen and oxygen atoms in total. The quantitative estimate of drug-likeness (QED) is 0.180. The van der Waals surface area contributed by atoms with E-state index >= 15 is 0 Å². The van der Waals surface area contributed by atoms with Crippen LogP contribution >= 0.6 is 0 Å². The van der Waals surface area contributed by atoms with Gasteiger partial charge in [0.05, 0.1) is 33.4 Å². The van der Waals surface area contributed by atoms with Crippen LogP contribution in [-0.2, 0) is 0 Å². The summed E-state index contributed by atoms with van der Waals surface area (Å²) in [7, 11) is 0. The molecule has 0 aliphatic carbocycles. The molecule has 4 heterocycles. The van der Waals surface area contributed by atoms with E-state index in [-0.39, 0.29) is 0 Å². The number of hydrogen-bond donors (Lipinski definition) is 0. The monoisotopic (exact) mass is 740 g/mol. The number of furan rings is 2. The molecule has 13 aromatic rings. The van der Waals surface area contributed by atoms with Gasteiger partial charge in [0.1, 0.15) is 16.7 Å². The molecule has 4 heteroatoms. The average Bonchev–Trinajstić information content (AvgIpc) is 4.04. The van der Waals surface area contributed by atoms with E-state index in [4.69, 9.17) is 8.83 Å². The van der Waals surface area contributed by atoms with Gasteiger partial charge in [0.15, 0.2) is 5.58 Å². The predicted octanol–water partition coefficient (Wildman–Crippen LogP) is 15.0. The summed E-state index contributed by atoms with van der Waals surface area (Å²) in [5, 5.41) is 9.21. The average molecular weight is 741 g/mol. The van der Waals surface area contributed by atoms with Crippen molar-refractivity contribution >= 4 is 87.5 Å². The number of para-hydroxylation sites is 6. The summed E-state index contributed by atoms with van der Waals surface area (Å²) >= 11 is 0. The molecule has 9 aromatic carbocycles. The second-order valence-electron chi connectivity index (χ2n) is 15.2. The Bertz CT molecular complexity index is 3800. The molecule has 0 atom stereocenters. The molecule has 0 unspecified atom stereocenters.